The third-order valence-electron chi connectivity index (χ3n) is 16.6. The fraction of sp³-hybridized carbons (Fsp3) is 0.717. The second kappa shape index (κ2) is 13.4. The van der Waals surface area contributed by atoms with E-state index in [-0.39, 0.29) is 63.2 Å². The predicted octanol–water partition coefficient (Wildman–Crippen LogP) is 9.60. The number of fused-ring (bicyclic) bond motifs is 7. The minimum atomic E-state index is -1.17. The number of hydrogen-bond acceptors (Lipinski definition) is 6. The lowest BCUT2D eigenvalue weighted by Gasteiger charge is -2.74. The van der Waals surface area contributed by atoms with Gasteiger partial charge in [0.1, 0.15) is 6.10 Å². The minimum absolute atomic E-state index is 0.0163. The molecule has 0 unspecified atom stereocenters. The number of allylic oxidation sites excluding steroid dienone is 3. The summed E-state index contributed by atoms with van der Waals surface area (Å²) < 4.78 is 6.18. The van der Waals surface area contributed by atoms with Gasteiger partial charge in [-0.15, -0.1) is 0 Å². The van der Waals surface area contributed by atoms with Crippen LogP contribution in [0.15, 0.2) is 47.7 Å². The second-order valence-corrected chi connectivity index (χ2v) is 20.5. The molecule has 4 saturated carbocycles. The van der Waals surface area contributed by atoms with Gasteiger partial charge < -0.3 is 15.2 Å². The van der Waals surface area contributed by atoms with Gasteiger partial charge in [0, 0.05) is 23.4 Å². The topological polar surface area (TPSA) is 123 Å². The first-order chi connectivity index (χ1) is 25.0. The van der Waals surface area contributed by atoms with Gasteiger partial charge in [0.15, 0.2) is 5.78 Å². The number of Topliss-reactive ketones (excluding diaryl/α,β-unsaturated/α-hetero) is 1. The van der Waals surface area contributed by atoms with Crippen molar-refractivity contribution in [2.45, 2.75) is 153 Å². The summed E-state index contributed by atoms with van der Waals surface area (Å²) in [6, 6.07) is 5.47. The highest BCUT2D eigenvalue weighted by Crippen LogP contribution is 2.80. The van der Waals surface area contributed by atoms with E-state index in [1.54, 1.807) is 26.1 Å². The SMILES string of the molecule is CC(C)C1=C2[C@@](/C=C/C(=O)N[C@@H](C)c3ccccn3)(CC[C@]3(C)[C@]2(C)CC[C@@H]2[C@@]4(C)CC[C@H](OC(=O)CC(C)(C)C(=O)O)C(C)(C)[C@@H]4CC[C@]23C)CC1=O. The van der Waals surface area contributed by atoms with Crippen molar-refractivity contribution in [1.82, 2.24) is 10.3 Å². The first kappa shape index (κ1) is 40.4. The van der Waals surface area contributed by atoms with Crippen LogP contribution in [0.3, 0.4) is 0 Å². The van der Waals surface area contributed by atoms with Crippen LogP contribution in [0.25, 0.3) is 0 Å². The van der Waals surface area contributed by atoms with Crippen molar-refractivity contribution in [2.75, 3.05) is 0 Å². The number of rotatable bonds is 9. The van der Waals surface area contributed by atoms with Crippen LogP contribution < -0.4 is 5.32 Å². The number of nitrogens with one attached hydrogen (secondary N) is 1. The zero-order chi connectivity index (χ0) is 39.9. The lowest BCUT2D eigenvalue weighted by molar-refractivity contribution is -0.248. The predicted molar refractivity (Wildman–Crippen MR) is 210 cm³/mol. The van der Waals surface area contributed by atoms with Gasteiger partial charge >= 0.3 is 11.9 Å². The third kappa shape index (κ3) is 6.02. The van der Waals surface area contributed by atoms with Crippen molar-refractivity contribution >= 4 is 23.6 Å². The Balaban J connectivity index is 1.30. The van der Waals surface area contributed by atoms with E-state index < -0.39 is 22.8 Å². The molecule has 54 heavy (non-hydrogen) atoms. The third-order valence-corrected chi connectivity index (χ3v) is 16.6. The first-order valence-electron chi connectivity index (χ1n) is 20.6. The van der Waals surface area contributed by atoms with Crippen molar-refractivity contribution < 1.29 is 29.0 Å². The number of aliphatic carboxylic acids is 1. The largest absolute Gasteiger partial charge is 0.481 e. The fourth-order valence-electron chi connectivity index (χ4n) is 13.4. The van der Waals surface area contributed by atoms with Crippen LogP contribution in [-0.2, 0) is 23.9 Å². The van der Waals surface area contributed by atoms with Crippen molar-refractivity contribution in [3.05, 3.63) is 53.4 Å². The maximum atomic E-state index is 14.1. The maximum Gasteiger partial charge on any atom is 0.309 e. The Hall–Kier alpha value is -3.29. The molecule has 5 aliphatic rings. The summed E-state index contributed by atoms with van der Waals surface area (Å²) in [4.78, 5) is 56.9. The number of carboxylic acid groups (broad SMARTS) is 1. The number of aromatic nitrogens is 1. The summed E-state index contributed by atoms with van der Waals surface area (Å²) in [7, 11) is 0. The minimum Gasteiger partial charge on any atom is -0.481 e. The molecule has 1 heterocycles. The van der Waals surface area contributed by atoms with Gasteiger partial charge in [0.2, 0.25) is 5.91 Å². The van der Waals surface area contributed by atoms with Crippen molar-refractivity contribution in [3.8, 4) is 0 Å². The molecule has 2 N–H and O–H groups in total. The molecular formula is C46H66N2O6. The lowest BCUT2D eigenvalue weighted by atomic mass is 9.30. The lowest BCUT2D eigenvalue weighted by Crippen LogP contribution is -2.68. The summed E-state index contributed by atoms with van der Waals surface area (Å²) in [5, 5.41) is 12.7. The normalized spacial score (nSPS) is 37.9. The quantitative estimate of drug-likeness (QED) is 0.191. The van der Waals surface area contributed by atoms with Crippen molar-refractivity contribution in [2.24, 2.45) is 55.7 Å². The Labute approximate surface area is 323 Å². The van der Waals surface area contributed by atoms with Crippen LogP contribution in [0.1, 0.15) is 152 Å². The highest BCUT2D eigenvalue weighted by atomic mass is 16.5. The van der Waals surface area contributed by atoms with Gasteiger partial charge in [-0.2, -0.15) is 0 Å². The fourth-order valence-corrected chi connectivity index (χ4v) is 13.4. The number of carboxylic acids is 1. The van der Waals surface area contributed by atoms with Gasteiger partial charge in [-0.3, -0.25) is 24.2 Å². The first-order valence-corrected chi connectivity index (χ1v) is 20.6. The summed E-state index contributed by atoms with van der Waals surface area (Å²) in [5.74, 6) is -0.435. The number of carbonyl (C=O) groups is 4. The molecule has 296 valence electrons. The molecule has 1 amide bonds. The number of nitrogens with zero attached hydrogens (tertiary/aromatic N) is 1. The average Bonchev–Trinajstić information content (AvgIpc) is 3.40. The van der Waals surface area contributed by atoms with Crippen LogP contribution in [0.4, 0.5) is 0 Å². The molecule has 0 aromatic carbocycles. The molecule has 5 aliphatic carbocycles. The van der Waals surface area contributed by atoms with Crippen molar-refractivity contribution in [3.63, 3.8) is 0 Å². The van der Waals surface area contributed by atoms with E-state index >= 15 is 0 Å². The molecule has 8 nitrogen and oxygen atoms in total. The molecule has 8 heteroatoms. The summed E-state index contributed by atoms with van der Waals surface area (Å²) in [6.45, 7) is 24.0. The van der Waals surface area contributed by atoms with E-state index in [1.165, 1.54) is 5.57 Å². The second-order valence-electron chi connectivity index (χ2n) is 20.5. The Morgan fingerprint density at radius 3 is 2.28 bits per heavy atom. The summed E-state index contributed by atoms with van der Waals surface area (Å²) in [6.07, 6.45) is 13.3. The average molecular weight is 743 g/mol. The number of pyridine rings is 1. The molecule has 0 saturated heterocycles. The number of hydrogen-bond donors (Lipinski definition) is 2. The molecule has 0 bridgehead atoms. The zero-order valence-electron chi connectivity index (χ0n) is 34.9. The van der Waals surface area contributed by atoms with Crippen LogP contribution in [-0.4, -0.2) is 39.8 Å². The van der Waals surface area contributed by atoms with Gasteiger partial charge in [-0.05, 0) is 141 Å². The van der Waals surface area contributed by atoms with Crippen molar-refractivity contribution in [1.29, 1.82) is 0 Å². The zero-order valence-corrected chi connectivity index (χ0v) is 34.9. The summed E-state index contributed by atoms with van der Waals surface area (Å²) in [5.41, 5.74) is 0.976. The Morgan fingerprint density at radius 2 is 1.65 bits per heavy atom. The number of amides is 1. The molecule has 1 aromatic rings. The number of ether oxygens (including phenoxy) is 1. The van der Waals surface area contributed by atoms with E-state index in [9.17, 15) is 24.3 Å². The molecule has 0 spiro atoms. The molecule has 0 aliphatic heterocycles. The van der Waals surface area contributed by atoms with Gasteiger partial charge in [0.05, 0.1) is 23.6 Å². The maximum absolute atomic E-state index is 14.1. The molecule has 9 atom stereocenters. The van der Waals surface area contributed by atoms with Crippen LogP contribution in [0.5, 0.6) is 0 Å². The smallest absolute Gasteiger partial charge is 0.309 e. The number of carbonyl (C=O) groups excluding carboxylic acids is 3. The standard InChI is InChI=1S/C46H66N2O6/c1-28(2)37-31(49)26-46(22-18-35(50)48-29(3)30-14-12-13-25-47-30)24-23-45(11)43(9)20-15-32-41(6,7)34(54-36(51)27-40(4,5)39(52)53)17-19-42(32,8)33(43)16-21-44(45,10)38(37)46/h12-14,18,22,25,28-29,32-34H,15-17,19-21,23-24,26-27H2,1-11H3,(H,48,50)(H,52,53)/b22-18+/t29-,32-,33+,34-,42-,43+,44+,45-,46-/m0/s1. The van der Waals surface area contributed by atoms with E-state index in [1.807, 2.05) is 25.1 Å². The van der Waals surface area contributed by atoms with Crippen LogP contribution in [0.2, 0.25) is 0 Å². The van der Waals surface area contributed by atoms with Crippen LogP contribution >= 0.6 is 0 Å². The molecule has 1 aromatic heterocycles. The van der Waals surface area contributed by atoms with E-state index in [2.05, 4.69) is 71.8 Å². The van der Waals surface area contributed by atoms with Gasteiger partial charge in [-0.1, -0.05) is 67.5 Å². The van der Waals surface area contributed by atoms with Crippen LogP contribution in [0, 0.1) is 55.7 Å². The molecule has 4 fully saturated rings. The number of esters is 1. The highest BCUT2D eigenvalue weighted by molar-refractivity contribution is 6.01. The Kier molecular flexibility index (Phi) is 10.0. The molecular weight excluding hydrogens is 677 g/mol. The van der Waals surface area contributed by atoms with Gasteiger partial charge in [0.25, 0.3) is 0 Å². The Morgan fingerprint density at radius 1 is 0.963 bits per heavy atom. The summed E-state index contributed by atoms with van der Waals surface area (Å²) >= 11 is 0. The molecule has 6 rings (SSSR count). The van der Waals surface area contributed by atoms with E-state index in [0.29, 0.717) is 18.3 Å². The highest BCUT2D eigenvalue weighted by Gasteiger charge is 2.73. The van der Waals surface area contributed by atoms with Gasteiger partial charge in [-0.25, -0.2) is 0 Å². The van der Waals surface area contributed by atoms with E-state index in [4.69, 9.17) is 4.74 Å². The van der Waals surface area contributed by atoms with E-state index in [0.717, 1.165) is 62.6 Å². The molecule has 0 radical (unpaired) electrons. The Bertz CT molecular complexity index is 1760. The number of ketones is 1. The monoisotopic (exact) mass is 742 g/mol.